The first-order chi connectivity index (χ1) is 12.7. The van der Waals surface area contributed by atoms with Crippen molar-refractivity contribution in [2.24, 2.45) is 0 Å². The Balaban J connectivity index is 1.45. The van der Waals surface area contributed by atoms with Crippen molar-refractivity contribution in [1.29, 1.82) is 0 Å². The quantitative estimate of drug-likeness (QED) is 0.656. The lowest BCUT2D eigenvalue weighted by molar-refractivity contribution is -0.120. The van der Waals surface area contributed by atoms with Gasteiger partial charge in [-0.2, -0.15) is 0 Å². The molecule has 6 heteroatoms. The molecule has 6 nitrogen and oxygen atoms in total. The molecular formula is C20H20N4O2. The van der Waals surface area contributed by atoms with Crippen LogP contribution in [0.3, 0.4) is 0 Å². The molecular weight excluding hydrogens is 328 g/mol. The van der Waals surface area contributed by atoms with Crippen LogP contribution in [0.2, 0.25) is 0 Å². The van der Waals surface area contributed by atoms with E-state index in [1.807, 2.05) is 30.5 Å². The van der Waals surface area contributed by atoms with E-state index < -0.39 is 0 Å². The number of pyridine rings is 1. The van der Waals surface area contributed by atoms with Crippen molar-refractivity contribution in [2.75, 3.05) is 13.1 Å². The van der Waals surface area contributed by atoms with Gasteiger partial charge in [0.2, 0.25) is 5.91 Å². The third-order valence-corrected chi connectivity index (χ3v) is 4.75. The van der Waals surface area contributed by atoms with Gasteiger partial charge in [-0.15, -0.1) is 0 Å². The Labute approximate surface area is 151 Å². The van der Waals surface area contributed by atoms with Crippen molar-refractivity contribution < 1.29 is 9.59 Å². The molecule has 0 atom stereocenters. The Kier molecular flexibility index (Phi) is 4.39. The maximum absolute atomic E-state index is 12.1. The predicted molar refractivity (Wildman–Crippen MR) is 99.0 cm³/mol. The summed E-state index contributed by atoms with van der Waals surface area (Å²) < 4.78 is 0. The maximum atomic E-state index is 12.1. The second kappa shape index (κ2) is 7.00. The Morgan fingerprint density at radius 2 is 2.19 bits per heavy atom. The fourth-order valence-electron chi connectivity index (χ4n) is 3.52. The van der Waals surface area contributed by atoms with Crippen LogP contribution >= 0.6 is 0 Å². The Hall–Kier alpha value is -3.15. The van der Waals surface area contributed by atoms with Gasteiger partial charge in [-0.25, -0.2) is 0 Å². The zero-order valence-electron chi connectivity index (χ0n) is 14.3. The summed E-state index contributed by atoms with van der Waals surface area (Å²) in [4.78, 5) is 31.4. The maximum Gasteiger partial charge on any atom is 0.251 e. The van der Waals surface area contributed by atoms with E-state index in [0.29, 0.717) is 19.5 Å². The topological polar surface area (TPSA) is 86.9 Å². The smallest absolute Gasteiger partial charge is 0.251 e. The summed E-state index contributed by atoms with van der Waals surface area (Å²) in [6.45, 7) is 1.22. The molecule has 0 saturated carbocycles. The summed E-state index contributed by atoms with van der Waals surface area (Å²) in [7, 11) is 0. The summed E-state index contributed by atoms with van der Waals surface area (Å²) in [5.41, 5.74) is 4.93. The third kappa shape index (κ3) is 3.18. The van der Waals surface area contributed by atoms with Crippen LogP contribution in [-0.2, 0) is 24.1 Å². The molecule has 1 aromatic carbocycles. The average molecular weight is 348 g/mol. The third-order valence-electron chi connectivity index (χ3n) is 4.75. The normalized spacial score (nSPS) is 13.3. The SMILES string of the molecule is O=C(Cc1cccnc1)NCCc1c[nH]c2ccc3c(c12)CCNC3=O. The predicted octanol–water partition coefficient (Wildman–Crippen LogP) is 1.75. The molecule has 1 aliphatic heterocycles. The largest absolute Gasteiger partial charge is 0.361 e. The summed E-state index contributed by atoms with van der Waals surface area (Å²) in [6.07, 6.45) is 7.26. The molecule has 0 unspecified atom stereocenters. The lowest BCUT2D eigenvalue weighted by Crippen LogP contribution is -2.32. The van der Waals surface area contributed by atoms with Crippen LogP contribution in [0, 0.1) is 0 Å². The highest BCUT2D eigenvalue weighted by Gasteiger charge is 2.20. The van der Waals surface area contributed by atoms with Gasteiger partial charge >= 0.3 is 0 Å². The van der Waals surface area contributed by atoms with Gasteiger partial charge in [0, 0.05) is 48.1 Å². The zero-order chi connectivity index (χ0) is 17.9. The molecule has 2 amide bonds. The van der Waals surface area contributed by atoms with E-state index in [1.165, 1.54) is 0 Å². The number of carbonyl (C=O) groups is 2. The molecule has 1 aliphatic rings. The number of aromatic amines is 1. The number of carbonyl (C=O) groups excluding carboxylic acids is 2. The minimum absolute atomic E-state index is 0.00919. The Morgan fingerprint density at radius 1 is 1.27 bits per heavy atom. The standard InChI is InChI=1S/C20H20N4O2/c25-18(10-13-2-1-7-21-11-13)22-8-5-14-12-24-17-4-3-16-15(19(14)17)6-9-23-20(16)26/h1-4,7,11-12,24H,5-6,8-10H2,(H,22,25)(H,23,26). The number of benzene rings is 1. The molecule has 0 radical (unpaired) electrons. The molecule has 0 spiro atoms. The molecule has 2 aromatic heterocycles. The molecule has 0 fully saturated rings. The van der Waals surface area contributed by atoms with Crippen molar-refractivity contribution >= 4 is 22.7 Å². The fraction of sp³-hybridized carbons (Fsp3) is 0.250. The van der Waals surface area contributed by atoms with Gasteiger partial charge in [-0.3, -0.25) is 14.6 Å². The number of nitrogens with zero attached hydrogens (tertiary/aromatic N) is 1. The van der Waals surface area contributed by atoms with Gasteiger partial charge in [0.05, 0.1) is 6.42 Å². The first kappa shape index (κ1) is 16.3. The average Bonchev–Trinajstić information content (AvgIpc) is 3.06. The van der Waals surface area contributed by atoms with Crippen molar-refractivity contribution in [1.82, 2.24) is 20.6 Å². The van der Waals surface area contributed by atoms with Crippen molar-refractivity contribution in [3.8, 4) is 0 Å². The monoisotopic (exact) mass is 348 g/mol. The molecule has 132 valence electrons. The molecule has 26 heavy (non-hydrogen) atoms. The lowest BCUT2D eigenvalue weighted by atomic mass is 9.94. The van der Waals surface area contributed by atoms with Crippen molar-refractivity contribution in [2.45, 2.75) is 19.3 Å². The van der Waals surface area contributed by atoms with Crippen molar-refractivity contribution in [3.05, 3.63) is 65.1 Å². The van der Waals surface area contributed by atoms with Crippen LogP contribution in [0.1, 0.15) is 27.0 Å². The van der Waals surface area contributed by atoms with Crippen molar-refractivity contribution in [3.63, 3.8) is 0 Å². The summed E-state index contributed by atoms with van der Waals surface area (Å²) >= 11 is 0. The molecule has 0 saturated heterocycles. The molecule has 3 heterocycles. The van der Waals surface area contributed by atoms with E-state index >= 15 is 0 Å². The van der Waals surface area contributed by atoms with E-state index in [0.717, 1.165) is 46.0 Å². The lowest BCUT2D eigenvalue weighted by Gasteiger charge is -2.18. The fourth-order valence-corrected chi connectivity index (χ4v) is 3.52. The molecule has 0 bridgehead atoms. The second-order valence-electron chi connectivity index (χ2n) is 6.47. The Morgan fingerprint density at radius 3 is 3.04 bits per heavy atom. The van der Waals surface area contributed by atoms with Gasteiger partial charge in [0.15, 0.2) is 0 Å². The number of aromatic nitrogens is 2. The highest BCUT2D eigenvalue weighted by molar-refractivity contribution is 6.02. The number of amides is 2. The van der Waals surface area contributed by atoms with Gasteiger partial charge in [0.1, 0.15) is 0 Å². The number of hydrogen-bond donors (Lipinski definition) is 3. The number of H-pyrrole nitrogens is 1. The molecule has 4 rings (SSSR count). The van der Waals surface area contributed by atoms with Crippen LogP contribution in [0.15, 0.2) is 42.9 Å². The van der Waals surface area contributed by atoms with Gasteiger partial charge in [-0.05, 0) is 47.7 Å². The van der Waals surface area contributed by atoms with E-state index in [4.69, 9.17) is 0 Å². The van der Waals surface area contributed by atoms with E-state index in [2.05, 4.69) is 20.6 Å². The van der Waals surface area contributed by atoms with Gasteiger partial charge < -0.3 is 15.6 Å². The first-order valence-electron chi connectivity index (χ1n) is 8.78. The summed E-state index contributed by atoms with van der Waals surface area (Å²) in [5.74, 6) is -0.0238. The molecule has 3 N–H and O–H groups in total. The summed E-state index contributed by atoms with van der Waals surface area (Å²) in [6, 6.07) is 7.54. The van der Waals surface area contributed by atoms with E-state index in [-0.39, 0.29) is 11.8 Å². The van der Waals surface area contributed by atoms with E-state index in [1.54, 1.807) is 12.4 Å². The number of fused-ring (bicyclic) bond motifs is 3. The van der Waals surface area contributed by atoms with Gasteiger partial charge in [0.25, 0.3) is 5.91 Å². The Bertz CT molecular complexity index is 963. The van der Waals surface area contributed by atoms with Crippen LogP contribution in [0.4, 0.5) is 0 Å². The number of hydrogen-bond acceptors (Lipinski definition) is 3. The minimum Gasteiger partial charge on any atom is -0.361 e. The first-order valence-corrected chi connectivity index (χ1v) is 8.78. The zero-order valence-corrected chi connectivity index (χ0v) is 14.3. The summed E-state index contributed by atoms with van der Waals surface area (Å²) in [5, 5.41) is 6.97. The molecule has 3 aromatic rings. The van der Waals surface area contributed by atoms with Crippen LogP contribution < -0.4 is 10.6 Å². The highest BCUT2D eigenvalue weighted by atomic mass is 16.2. The second-order valence-corrected chi connectivity index (χ2v) is 6.47. The van der Waals surface area contributed by atoms with Crippen LogP contribution in [0.5, 0.6) is 0 Å². The molecule has 0 aliphatic carbocycles. The van der Waals surface area contributed by atoms with Crippen LogP contribution in [-0.4, -0.2) is 34.9 Å². The number of rotatable bonds is 5. The highest BCUT2D eigenvalue weighted by Crippen LogP contribution is 2.28. The van der Waals surface area contributed by atoms with Gasteiger partial charge in [-0.1, -0.05) is 6.07 Å². The minimum atomic E-state index is -0.0146. The van der Waals surface area contributed by atoms with Crippen LogP contribution in [0.25, 0.3) is 10.9 Å². The number of nitrogens with one attached hydrogen (secondary N) is 3. The van der Waals surface area contributed by atoms with E-state index in [9.17, 15) is 9.59 Å².